The van der Waals surface area contributed by atoms with Crippen LogP contribution in [0.25, 0.3) is 0 Å². The number of halogens is 1. The maximum Gasteiger partial charge on any atom is 0.133 e. The van der Waals surface area contributed by atoms with E-state index in [-0.39, 0.29) is 0 Å². The summed E-state index contributed by atoms with van der Waals surface area (Å²) in [6, 6.07) is 6.49. The van der Waals surface area contributed by atoms with Crippen molar-refractivity contribution in [1.29, 1.82) is 0 Å². The minimum Gasteiger partial charge on any atom is -0.496 e. The van der Waals surface area contributed by atoms with Crippen molar-refractivity contribution in [3.63, 3.8) is 0 Å². The average Bonchev–Trinajstić information content (AvgIpc) is 3.20. The third-order valence-corrected chi connectivity index (χ3v) is 6.92. The van der Waals surface area contributed by atoms with E-state index in [1.54, 1.807) is 12.0 Å². The van der Waals surface area contributed by atoms with Crippen LogP contribution in [0.3, 0.4) is 0 Å². The van der Waals surface area contributed by atoms with Gasteiger partial charge in [0.15, 0.2) is 0 Å². The molecule has 1 aromatic rings. The van der Waals surface area contributed by atoms with Gasteiger partial charge in [0.25, 0.3) is 0 Å². The van der Waals surface area contributed by atoms with E-state index < -0.39 is 0 Å². The zero-order valence-corrected chi connectivity index (χ0v) is 16.1. The Balaban J connectivity index is 1.25. The number of allylic oxidation sites excluding steroid dienone is 2. The van der Waals surface area contributed by atoms with Gasteiger partial charge in [-0.2, -0.15) is 0 Å². The van der Waals surface area contributed by atoms with Gasteiger partial charge >= 0.3 is 0 Å². The maximum absolute atomic E-state index is 5.33. The second-order valence-corrected chi connectivity index (χ2v) is 8.74. The molecule has 0 radical (unpaired) electrons. The SMILES string of the molecule is COc1ccc(C[NH+]2CC[NH+](C[C@H]3C[C@@H]4C=C[C@H]3C4)CC2)cc1Br. The van der Waals surface area contributed by atoms with Crippen LogP contribution < -0.4 is 14.5 Å². The van der Waals surface area contributed by atoms with Crippen LogP contribution in [0.15, 0.2) is 34.8 Å². The van der Waals surface area contributed by atoms with Gasteiger partial charge in [-0.15, -0.1) is 0 Å². The average molecular weight is 393 g/mol. The van der Waals surface area contributed by atoms with Crippen LogP contribution in [0.2, 0.25) is 0 Å². The first kappa shape index (κ1) is 16.6. The largest absolute Gasteiger partial charge is 0.496 e. The number of ether oxygens (including phenoxy) is 1. The fraction of sp³-hybridized carbons (Fsp3) is 0.600. The lowest BCUT2D eigenvalue weighted by molar-refractivity contribution is -1.02. The fourth-order valence-electron chi connectivity index (χ4n) is 4.95. The summed E-state index contributed by atoms with van der Waals surface area (Å²) in [6.07, 6.45) is 7.87. The van der Waals surface area contributed by atoms with Crippen LogP contribution in [-0.4, -0.2) is 39.8 Å². The van der Waals surface area contributed by atoms with Crippen LogP contribution in [0.1, 0.15) is 18.4 Å². The summed E-state index contributed by atoms with van der Waals surface area (Å²) in [6.45, 7) is 7.82. The van der Waals surface area contributed by atoms with E-state index >= 15 is 0 Å². The Morgan fingerprint density at radius 1 is 1.08 bits per heavy atom. The molecule has 1 heterocycles. The summed E-state index contributed by atoms with van der Waals surface area (Å²) in [7, 11) is 1.72. The molecule has 0 amide bonds. The number of methoxy groups -OCH3 is 1. The highest BCUT2D eigenvalue weighted by Gasteiger charge is 2.38. The van der Waals surface area contributed by atoms with Crippen LogP contribution >= 0.6 is 15.9 Å². The quantitative estimate of drug-likeness (QED) is 0.714. The van der Waals surface area contributed by atoms with E-state index in [4.69, 9.17) is 4.74 Å². The van der Waals surface area contributed by atoms with Gasteiger partial charge in [-0.3, -0.25) is 0 Å². The Labute approximate surface area is 153 Å². The van der Waals surface area contributed by atoms with Gasteiger partial charge in [0.1, 0.15) is 38.5 Å². The molecule has 2 aliphatic carbocycles. The molecule has 1 saturated heterocycles. The molecular formula is C20H29BrN2O+2. The predicted molar refractivity (Wildman–Crippen MR) is 99.5 cm³/mol. The van der Waals surface area contributed by atoms with Crippen LogP contribution in [0.4, 0.5) is 0 Å². The number of piperazine rings is 1. The molecule has 0 aromatic heterocycles. The minimum absolute atomic E-state index is 0.907. The van der Waals surface area contributed by atoms with Gasteiger partial charge in [0, 0.05) is 11.5 Å². The highest BCUT2D eigenvalue weighted by atomic mass is 79.9. The summed E-state index contributed by atoms with van der Waals surface area (Å²) >= 11 is 3.60. The Morgan fingerprint density at radius 2 is 1.88 bits per heavy atom. The van der Waals surface area contributed by atoms with Gasteiger partial charge in [-0.05, 0) is 58.8 Å². The molecule has 1 aromatic carbocycles. The highest BCUT2D eigenvalue weighted by Crippen LogP contribution is 2.42. The van der Waals surface area contributed by atoms with Crippen molar-refractivity contribution in [2.24, 2.45) is 17.8 Å². The van der Waals surface area contributed by atoms with Crippen molar-refractivity contribution >= 4 is 15.9 Å². The lowest BCUT2D eigenvalue weighted by atomic mass is 9.93. The third kappa shape index (κ3) is 3.56. The lowest BCUT2D eigenvalue weighted by Gasteiger charge is -2.32. The fourth-order valence-corrected chi connectivity index (χ4v) is 5.53. The van der Waals surface area contributed by atoms with Crippen LogP contribution in [0.5, 0.6) is 5.75 Å². The van der Waals surface area contributed by atoms with Crippen molar-refractivity contribution in [2.45, 2.75) is 19.4 Å². The summed E-state index contributed by atoms with van der Waals surface area (Å²) in [5.74, 6) is 3.71. The molecule has 3 aliphatic rings. The molecule has 2 bridgehead atoms. The second-order valence-electron chi connectivity index (χ2n) is 7.89. The van der Waals surface area contributed by atoms with E-state index in [1.807, 2.05) is 4.90 Å². The van der Waals surface area contributed by atoms with E-state index in [0.29, 0.717) is 0 Å². The number of rotatable bonds is 5. The lowest BCUT2D eigenvalue weighted by Crippen LogP contribution is -3.27. The normalized spacial score (nSPS) is 34.7. The molecule has 0 spiro atoms. The molecule has 2 fully saturated rings. The first-order chi connectivity index (χ1) is 11.7. The molecular weight excluding hydrogens is 364 g/mol. The molecule has 24 heavy (non-hydrogen) atoms. The zero-order valence-electron chi connectivity index (χ0n) is 14.6. The Kier molecular flexibility index (Phi) is 4.98. The first-order valence-corrected chi connectivity index (χ1v) is 10.2. The Hall–Kier alpha value is -0.840. The van der Waals surface area contributed by atoms with Gasteiger partial charge in [0.2, 0.25) is 0 Å². The van der Waals surface area contributed by atoms with Gasteiger partial charge in [-0.1, -0.05) is 12.2 Å². The molecule has 1 aliphatic heterocycles. The highest BCUT2D eigenvalue weighted by molar-refractivity contribution is 9.10. The van der Waals surface area contributed by atoms with Crippen molar-refractivity contribution in [3.05, 3.63) is 40.4 Å². The minimum atomic E-state index is 0.907. The smallest absolute Gasteiger partial charge is 0.133 e. The van der Waals surface area contributed by atoms with Crippen molar-refractivity contribution in [3.8, 4) is 5.75 Å². The van der Waals surface area contributed by atoms with E-state index in [0.717, 1.165) is 34.5 Å². The number of benzene rings is 1. The summed E-state index contributed by atoms with van der Waals surface area (Å²) in [4.78, 5) is 3.57. The number of fused-ring (bicyclic) bond motifs is 2. The van der Waals surface area contributed by atoms with Crippen molar-refractivity contribution in [1.82, 2.24) is 0 Å². The van der Waals surface area contributed by atoms with Crippen molar-refractivity contribution in [2.75, 3.05) is 39.8 Å². The second kappa shape index (κ2) is 7.19. The van der Waals surface area contributed by atoms with Crippen molar-refractivity contribution < 1.29 is 14.5 Å². The molecule has 3 atom stereocenters. The first-order valence-electron chi connectivity index (χ1n) is 9.39. The monoisotopic (exact) mass is 392 g/mol. The Morgan fingerprint density at radius 3 is 2.50 bits per heavy atom. The molecule has 4 heteroatoms. The van der Waals surface area contributed by atoms with E-state index in [1.165, 1.54) is 51.1 Å². The molecule has 1 saturated carbocycles. The third-order valence-electron chi connectivity index (χ3n) is 6.30. The van der Waals surface area contributed by atoms with Crippen LogP contribution in [0, 0.1) is 17.8 Å². The predicted octanol–water partition coefficient (Wildman–Crippen LogP) is 0.953. The van der Waals surface area contributed by atoms with Gasteiger partial charge in [0.05, 0.1) is 18.1 Å². The molecule has 0 unspecified atom stereocenters. The molecule has 3 nitrogen and oxygen atoms in total. The van der Waals surface area contributed by atoms with Crippen LogP contribution in [-0.2, 0) is 6.54 Å². The molecule has 130 valence electrons. The van der Waals surface area contributed by atoms with Gasteiger partial charge in [-0.25, -0.2) is 0 Å². The Bertz CT molecular complexity index is 610. The number of quaternary nitrogens is 2. The zero-order chi connectivity index (χ0) is 16.5. The summed E-state index contributed by atoms with van der Waals surface area (Å²) < 4.78 is 6.39. The topological polar surface area (TPSA) is 18.1 Å². The number of hydrogen-bond donors (Lipinski definition) is 2. The van der Waals surface area contributed by atoms with E-state index in [2.05, 4.69) is 46.3 Å². The molecule has 2 N–H and O–H groups in total. The summed E-state index contributed by atoms with van der Waals surface area (Å²) in [5.41, 5.74) is 1.40. The standard InChI is InChI=1S/C20H27BrN2O/c1-24-20-5-3-16(12-19(20)21)13-22-6-8-23(9-7-22)14-18-11-15-2-4-17(18)10-15/h2-5,12,15,17-18H,6-11,13-14H2,1H3/p+2/t15-,17+,18-/m1/s1. The molecule has 4 rings (SSSR count). The number of hydrogen-bond acceptors (Lipinski definition) is 1. The van der Waals surface area contributed by atoms with Gasteiger partial charge < -0.3 is 14.5 Å². The van der Waals surface area contributed by atoms with E-state index in [9.17, 15) is 0 Å². The summed E-state index contributed by atoms with van der Waals surface area (Å²) in [5, 5.41) is 0. The maximum atomic E-state index is 5.33. The number of nitrogens with one attached hydrogen (secondary N) is 2.